The molecule has 1 aromatic rings. The first-order valence-electron chi connectivity index (χ1n) is 4.60. The fraction of sp³-hybridized carbons (Fsp3) is 0.333. The largest absolute Gasteiger partial charge is 0.453 e. The first kappa shape index (κ1) is 9.57. The van der Waals surface area contributed by atoms with Gasteiger partial charge in [0.05, 0.1) is 0 Å². The molecule has 0 radical (unpaired) electrons. The number of nitrogens with one attached hydrogen (secondary N) is 1. The number of hydrogen-bond donors (Lipinski definition) is 2. The Morgan fingerprint density at radius 3 is 3.13 bits per heavy atom. The van der Waals surface area contributed by atoms with Crippen molar-refractivity contribution in [2.75, 3.05) is 5.73 Å². The molecule has 80 valence electrons. The standard InChI is InChI=1S/C9H12N4O2/c1-6-11-12-8(15-6)5-13-3-2-7(10)4-9(13)14/h2-4,6,11H,5,10H2,1H3. The fourth-order valence-corrected chi connectivity index (χ4v) is 1.29. The number of aromatic nitrogens is 1. The van der Waals surface area contributed by atoms with Crippen LogP contribution in [0.5, 0.6) is 0 Å². The van der Waals surface area contributed by atoms with Gasteiger partial charge in [-0.15, -0.1) is 5.10 Å². The van der Waals surface area contributed by atoms with Gasteiger partial charge in [0.2, 0.25) is 5.90 Å². The third-order valence-corrected chi connectivity index (χ3v) is 2.01. The van der Waals surface area contributed by atoms with Crippen LogP contribution in [-0.2, 0) is 11.3 Å². The van der Waals surface area contributed by atoms with Crippen molar-refractivity contribution in [2.24, 2.45) is 5.10 Å². The molecule has 0 saturated carbocycles. The van der Waals surface area contributed by atoms with Crippen molar-refractivity contribution in [3.8, 4) is 0 Å². The fourth-order valence-electron chi connectivity index (χ4n) is 1.29. The van der Waals surface area contributed by atoms with Crippen LogP contribution < -0.4 is 16.7 Å². The van der Waals surface area contributed by atoms with Crippen LogP contribution >= 0.6 is 0 Å². The summed E-state index contributed by atoms with van der Waals surface area (Å²) in [7, 11) is 0. The zero-order chi connectivity index (χ0) is 10.8. The molecule has 1 unspecified atom stereocenters. The lowest BCUT2D eigenvalue weighted by Gasteiger charge is -2.06. The molecule has 1 aliphatic rings. The van der Waals surface area contributed by atoms with Gasteiger partial charge in [-0.05, 0) is 13.0 Å². The maximum Gasteiger partial charge on any atom is 0.253 e. The summed E-state index contributed by atoms with van der Waals surface area (Å²) < 4.78 is 6.78. The summed E-state index contributed by atoms with van der Waals surface area (Å²) in [5, 5.41) is 3.93. The van der Waals surface area contributed by atoms with E-state index < -0.39 is 0 Å². The molecule has 0 aromatic carbocycles. The van der Waals surface area contributed by atoms with Gasteiger partial charge in [0.25, 0.3) is 5.56 Å². The number of hydrazone groups is 1. The highest BCUT2D eigenvalue weighted by atomic mass is 16.5. The number of nitrogen functional groups attached to an aromatic ring is 1. The summed E-state index contributed by atoms with van der Waals surface area (Å²) in [6.07, 6.45) is 1.48. The van der Waals surface area contributed by atoms with Crippen molar-refractivity contribution in [1.29, 1.82) is 0 Å². The van der Waals surface area contributed by atoms with Crippen LogP contribution in [0.2, 0.25) is 0 Å². The van der Waals surface area contributed by atoms with E-state index in [2.05, 4.69) is 10.5 Å². The van der Waals surface area contributed by atoms with Gasteiger partial charge in [-0.3, -0.25) is 10.2 Å². The molecule has 0 amide bonds. The topological polar surface area (TPSA) is 81.6 Å². The maximum atomic E-state index is 11.5. The van der Waals surface area contributed by atoms with Gasteiger partial charge < -0.3 is 15.0 Å². The Morgan fingerprint density at radius 1 is 1.73 bits per heavy atom. The van der Waals surface area contributed by atoms with Gasteiger partial charge >= 0.3 is 0 Å². The van der Waals surface area contributed by atoms with E-state index in [1.165, 1.54) is 10.6 Å². The van der Waals surface area contributed by atoms with Crippen molar-refractivity contribution in [2.45, 2.75) is 19.7 Å². The second-order valence-corrected chi connectivity index (χ2v) is 3.32. The number of anilines is 1. The second kappa shape index (κ2) is 3.64. The molecule has 0 fully saturated rings. The summed E-state index contributed by atoms with van der Waals surface area (Å²) in [6.45, 7) is 2.15. The van der Waals surface area contributed by atoms with E-state index in [4.69, 9.17) is 10.5 Å². The molecule has 0 aliphatic carbocycles. The molecule has 15 heavy (non-hydrogen) atoms. The molecular formula is C9H12N4O2. The number of pyridine rings is 1. The van der Waals surface area contributed by atoms with Crippen molar-refractivity contribution in [1.82, 2.24) is 9.99 Å². The van der Waals surface area contributed by atoms with Crippen LogP contribution in [0.15, 0.2) is 28.2 Å². The summed E-state index contributed by atoms with van der Waals surface area (Å²) in [4.78, 5) is 11.5. The Morgan fingerprint density at radius 2 is 2.53 bits per heavy atom. The molecule has 6 nitrogen and oxygen atoms in total. The van der Waals surface area contributed by atoms with E-state index in [1.54, 1.807) is 12.3 Å². The van der Waals surface area contributed by atoms with E-state index in [-0.39, 0.29) is 11.8 Å². The Balaban J connectivity index is 2.15. The van der Waals surface area contributed by atoms with E-state index in [1.807, 2.05) is 6.92 Å². The summed E-state index contributed by atoms with van der Waals surface area (Å²) in [5.74, 6) is 0.495. The molecule has 0 bridgehead atoms. The lowest BCUT2D eigenvalue weighted by molar-refractivity contribution is 0.202. The molecule has 6 heteroatoms. The highest BCUT2D eigenvalue weighted by molar-refractivity contribution is 5.76. The third-order valence-electron chi connectivity index (χ3n) is 2.01. The minimum Gasteiger partial charge on any atom is -0.453 e. The van der Waals surface area contributed by atoms with Gasteiger partial charge in [-0.2, -0.15) is 0 Å². The van der Waals surface area contributed by atoms with Crippen LogP contribution in [0.25, 0.3) is 0 Å². The quantitative estimate of drug-likeness (QED) is 0.699. The summed E-state index contributed by atoms with van der Waals surface area (Å²) in [5.41, 5.74) is 8.51. The lowest BCUT2D eigenvalue weighted by atomic mass is 10.4. The maximum absolute atomic E-state index is 11.5. The summed E-state index contributed by atoms with van der Waals surface area (Å²) in [6, 6.07) is 3.03. The number of hydrogen-bond acceptors (Lipinski definition) is 5. The van der Waals surface area contributed by atoms with E-state index in [0.29, 0.717) is 18.1 Å². The van der Waals surface area contributed by atoms with Crippen LogP contribution in [-0.4, -0.2) is 16.7 Å². The van der Waals surface area contributed by atoms with Crippen LogP contribution in [0.3, 0.4) is 0 Å². The highest BCUT2D eigenvalue weighted by Crippen LogP contribution is 2.00. The molecule has 1 aliphatic heterocycles. The molecule has 1 atom stereocenters. The molecule has 2 rings (SSSR count). The van der Waals surface area contributed by atoms with E-state index >= 15 is 0 Å². The number of rotatable bonds is 2. The zero-order valence-electron chi connectivity index (χ0n) is 8.30. The minimum atomic E-state index is -0.166. The van der Waals surface area contributed by atoms with Gasteiger partial charge in [0.15, 0.2) is 6.23 Å². The predicted octanol–water partition coefficient (Wildman–Crippen LogP) is -0.290. The zero-order valence-corrected chi connectivity index (χ0v) is 8.30. The lowest BCUT2D eigenvalue weighted by Crippen LogP contribution is -2.24. The Kier molecular flexibility index (Phi) is 2.32. The Hall–Kier alpha value is -1.98. The highest BCUT2D eigenvalue weighted by Gasteiger charge is 2.14. The van der Waals surface area contributed by atoms with Crippen molar-refractivity contribution < 1.29 is 4.74 Å². The van der Waals surface area contributed by atoms with E-state index in [9.17, 15) is 4.79 Å². The van der Waals surface area contributed by atoms with Crippen molar-refractivity contribution in [3.63, 3.8) is 0 Å². The van der Waals surface area contributed by atoms with Gasteiger partial charge in [-0.1, -0.05) is 0 Å². The Labute approximate surface area is 86.3 Å². The third kappa shape index (κ3) is 2.09. The van der Waals surface area contributed by atoms with Crippen LogP contribution in [0, 0.1) is 0 Å². The van der Waals surface area contributed by atoms with Crippen LogP contribution in [0.1, 0.15) is 6.92 Å². The first-order chi connectivity index (χ1) is 7.15. The molecule has 3 N–H and O–H groups in total. The van der Waals surface area contributed by atoms with Crippen molar-refractivity contribution in [3.05, 3.63) is 28.7 Å². The monoisotopic (exact) mass is 208 g/mol. The predicted molar refractivity (Wildman–Crippen MR) is 56.2 cm³/mol. The molecular weight excluding hydrogens is 196 g/mol. The van der Waals surface area contributed by atoms with Crippen molar-refractivity contribution >= 4 is 11.6 Å². The minimum absolute atomic E-state index is 0.135. The molecule has 2 heterocycles. The normalized spacial score (nSPS) is 19.3. The number of nitrogens with zero attached hydrogens (tertiary/aromatic N) is 2. The SMILES string of the molecule is CC1NN=C(Cn2ccc(N)cc2=O)O1. The molecule has 1 aromatic heterocycles. The summed E-state index contributed by atoms with van der Waals surface area (Å²) >= 11 is 0. The smallest absolute Gasteiger partial charge is 0.253 e. The van der Waals surface area contributed by atoms with Gasteiger partial charge in [0.1, 0.15) is 6.54 Å². The van der Waals surface area contributed by atoms with Gasteiger partial charge in [0, 0.05) is 18.0 Å². The average Bonchev–Trinajstić information content (AvgIpc) is 2.56. The number of nitrogens with two attached hydrogens (primary N) is 1. The van der Waals surface area contributed by atoms with Crippen LogP contribution in [0.4, 0.5) is 5.69 Å². The molecule has 0 saturated heterocycles. The number of ether oxygens (including phenoxy) is 1. The Bertz CT molecular complexity index is 452. The average molecular weight is 208 g/mol. The second-order valence-electron chi connectivity index (χ2n) is 3.32. The first-order valence-corrected chi connectivity index (χ1v) is 4.60. The van der Waals surface area contributed by atoms with Gasteiger partial charge in [-0.25, -0.2) is 0 Å². The van der Waals surface area contributed by atoms with E-state index in [0.717, 1.165) is 0 Å². The molecule has 0 spiro atoms.